The van der Waals surface area contributed by atoms with Crippen molar-refractivity contribution in [3.63, 3.8) is 0 Å². The SMILES string of the molecule is CCc1cc(Br)ccc1OCOC. The molecule has 0 saturated carbocycles. The van der Waals surface area contributed by atoms with E-state index in [1.807, 2.05) is 12.1 Å². The maximum Gasteiger partial charge on any atom is 0.188 e. The average molecular weight is 245 g/mol. The van der Waals surface area contributed by atoms with Crippen molar-refractivity contribution in [2.75, 3.05) is 13.9 Å². The van der Waals surface area contributed by atoms with E-state index in [2.05, 4.69) is 28.9 Å². The van der Waals surface area contributed by atoms with Gasteiger partial charge in [0.1, 0.15) is 5.75 Å². The molecule has 0 radical (unpaired) electrons. The van der Waals surface area contributed by atoms with Gasteiger partial charge in [0.25, 0.3) is 0 Å². The molecule has 2 nitrogen and oxygen atoms in total. The third-order valence-electron chi connectivity index (χ3n) is 1.74. The van der Waals surface area contributed by atoms with Crippen LogP contribution in [0.1, 0.15) is 12.5 Å². The fourth-order valence-corrected chi connectivity index (χ4v) is 1.50. The Hall–Kier alpha value is -0.540. The molecule has 0 N–H and O–H groups in total. The van der Waals surface area contributed by atoms with Gasteiger partial charge in [-0.05, 0) is 30.2 Å². The molecule has 0 atom stereocenters. The fraction of sp³-hybridized carbons (Fsp3) is 0.400. The van der Waals surface area contributed by atoms with Crippen LogP contribution in [0.3, 0.4) is 0 Å². The molecule has 13 heavy (non-hydrogen) atoms. The van der Waals surface area contributed by atoms with Gasteiger partial charge >= 0.3 is 0 Å². The van der Waals surface area contributed by atoms with Crippen LogP contribution in [-0.4, -0.2) is 13.9 Å². The van der Waals surface area contributed by atoms with Gasteiger partial charge in [-0.1, -0.05) is 22.9 Å². The normalized spacial score (nSPS) is 10.1. The highest BCUT2D eigenvalue weighted by molar-refractivity contribution is 9.10. The lowest BCUT2D eigenvalue weighted by Crippen LogP contribution is -2.01. The minimum absolute atomic E-state index is 0.300. The van der Waals surface area contributed by atoms with Crippen LogP contribution in [-0.2, 0) is 11.2 Å². The molecule has 0 spiro atoms. The first-order valence-corrected chi connectivity index (χ1v) is 4.97. The minimum atomic E-state index is 0.300. The first-order valence-electron chi connectivity index (χ1n) is 4.18. The van der Waals surface area contributed by atoms with Gasteiger partial charge in [-0.2, -0.15) is 0 Å². The molecule has 0 fully saturated rings. The molecule has 0 bridgehead atoms. The van der Waals surface area contributed by atoms with E-state index in [-0.39, 0.29) is 0 Å². The molecule has 0 unspecified atom stereocenters. The summed E-state index contributed by atoms with van der Waals surface area (Å²) >= 11 is 3.42. The second-order valence-corrected chi connectivity index (χ2v) is 3.57. The highest BCUT2D eigenvalue weighted by Crippen LogP contribution is 2.23. The quantitative estimate of drug-likeness (QED) is 0.759. The Labute approximate surface area is 87.0 Å². The van der Waals surface area contributed by atoms with Crippen molar-refractivity contribution in [2.45, 2.75) is 13.3 Å². The molecule has 0 saturated heterocycles. The maximum absolute atomic E-state index is 5.39. The Balaban J connectivity index is 2.79. The van der Waals surface area contributed by atoms with Crippen molar-refractivity contribution < 1.29 is 9.47 Å². The number of benzene rings is 1. The summed E-state index contributed by atoms with van der Waals surface area (Å²) in [5.74, 6) is 0.896. The van der Waals surface area contributed by atoms with Crippen LogP contribution in [0, 0.1) is 0 Å². The third kappa shape index (κ3) is 3.01. The summed E-state index contributed by atoms with van der Waals surface area (Å²) < 4.78 is 11.3. The number of hydrogen-bond donors (Lipinski definition) is 0. The van der Waals surface area contributed by atoms with Gasteiger partial charge in [0.2, 0.25) is 0 Å². The van der Waals surface area contributed by atoms with Gasteiger partial charge in [0.05, 0.1) is 0 Å². The smallest absolute Gasteiger partial charge is 0.188 e. The largest absolute Gasteiger partial charge is 0.467 e. The first kappa shape index (κ1) is 10.5. The molecule has 0 aliphatic heterocycles. The van der Waals surface area contributed by atoms with Gasteiger partial charge in [-0.15, -0.1) is 0 Å². The molecule has 0 aliphatic carbocycles. The number of halogens is 1. The molecule has 1 aromatic rings. The van der Waals surface area contributed by atoms with E-state index in [1.165, 1.54) is 5.56 Å². The zero-order valence-electron chi connectivity index (χ0n) is 7.84. The van der Waals surface area contributed by atoms with Crippen LogP contribution in [0.4, 0.5) is 0 Å². The van der Waals surface area contributed by atoms with Crippen LogP contribution in [0.15, 0.2) is 22.7 Å². The Morgan fingerprint density at radius 2 is 2.15 bits per heavy atom. The maximum atomic E-state index is 5.39. The third-order valence-corrected chi connectivity index (χ3v) is 2.23. The Bertz CT molecular complexity index is 274. The van der Waals surface area contributed by atoms with Gasteiger partial charge in [-0.25, -0.2) is 0 Å². The summed E-state index contributed by atoms with van der Waals surface area (Å²) in [4.78, 5) is 0. The van der Waals surface area contributed by atoms with Crippen molar-refractivity contribution in [1.29, 1.82) is 0 Å². The van der Waals surface area contributed by atoms with E-state index in [9.17, 15) is 0 Å². The number of aryl methyl sites for hydroxylation is 1. The molecule has 0 aromatic heterocycles. The minimum Gasteiger partial charge on any atom is -0.467 e. The van der Waals surface area contributed by atoms with Crippen molar-refractivity contribution in [3.8, 4) is 5.75 Å². The van der Waals surface area contributed by atoms with Crippen LogP contribution in [0.5, 0.6) is 5.75 Å². The topological polar surface area (TPSA) is 18.5 Å². The monoisotopic (exact) mass is 244 g/mol. The molecule has 3 heteroatoms. The van der Waals surface area contributed by atoms with Crippen molar-refractivity contribution in [2.24, 2.45) is 0 Å². The van der Waals surface area contributed by atoms with Gasteiger partial charge in [0.15, 0.2) is 6.79 Å². The average Bonchev–Trinajstić information content (AvgIpc) is 2.16. The van der Waals surface area contributed by atoms with Crippen LogP contribution >= 0.6 is 15.9 Å². The number of hydrogen-bond acceptors (Lipinski definition) is 2. The zero-order valence-corrected chi connectivity index (χ0v) is 9.43. The summed E-state index contributed by atoms with van der Waals surface area (Å²) in [6, 6.07) is 5.97. The molecule has 0 amide bonds. The second-order valence-electron chi connectivity index (χ2n) is 2.66. The van der Waals surface area contributed by atoms with E-state index in [1.54, 1.807) is 7.11 Å². The predicted molar refractivity (Wildman–Crippen MR) is 56.0 cm³/mol. The summed E-state index contributed by atoms with van der Waals surface area (Å²) in [5, 5.41) is 0. The molecule has 72 valence electrons. The summed E-state index contributed by atoms with van der Waals surface area (Å²) in [6.45, 7) is 2.40. The van der Waals surface area contributed by atoms with Gasteiger partial charge in [-0.3, -0.25) is 0 Å². The van der Waals surface area contributed by atoms with Crippen LogP contribution < -0.4 is 4.74 Å². The number of rotatable bonds is 4. The lowest BCUT2D eigenvalue weighted by atomic mass is 10.1. The second kappa shape index (κ2) is 5.25. The Kier molecular flexibility index (Phi) is 4.25. The predicted octanol–water partition coefficient (Wildman–Crippen LogP) is 2.99. The van der Waals surface area contributed by atoms with Crippen LogP contribution in [0.2, 0.25) is 0 Å². The molecule has 1 rings (SSSR count). The highest BCUT2D eigenvalue weighted by Gasteiger charge is 2.01. The highest BCUT2D eigenvalue weighted by atomic mass is 79.9. The molecular formula is C10H13BrO2. The van der Waals surface area contributed by atoms with E-state index in [4.69, 9.17) is 9.47 Å². The van der Waals surface area contributed by atoms with Gasteiger partial charge < -0.3 is 9.47 Å². The van der Waals surface area contributed by atoms with E-state index in [0.717, 1.165) is 16.6 Å². The molecule has 1 aromatic carbocycles. The Morgan fingerprint density at radius 3 is 2.77 bits per heavy atom. The zero-order chi connectivity index (χ0) is 9.68. The first-order chi connectivity index (χ1) is 6.27. The number of ether oxygens (including phenoxy) is 2. The molecular weight excluding hydrogens is 232 g/mol. The standard InChI is InChI=1S/C10H13BrO2/c1-3-8-6-9(11)4-5-10(8)13-7-12-2/h4-6H,3,7H2,1-2H3. The van der Waals surface area contributed by atoms with Crippen molar-refractivity contribution in [1.82, 2.24) is 0 Å². The molecule has 0 aliphatic rings. The summed E-state index contributed by atoms with van der Waals surface area (Å²) in [7, 11) is 1.62. The van der Waals surface area contributed by atoms with E-state index in [0.29, 0.717) is 6.79 Å². The van der Waals surface area contributed by atoms with Crippen LogP contribution in [0.25, 0.3) is 0 Å². The molecule has 0 heterocycles. The lowest BCUT2D eigenvalue weighted by molar-refractivity contribution is 0.0504. The van der Waals surface area contributed by atoms with Gasteiger partial charge in [0, 0.05) is 11.6 Å². The fourth-order valence-electron chi connectivity index (χ4n) is 1.09. The number of methoxy groups -OCH3 is 1. The summed E-state index contributed by atoms with van der Waals surface area (Å²) in [6.07, 6.45) is 0.957. The lowest BCUT2D eigenvalue weighted by Gasteiger charge is -2.09. The Morgan fingerprint density at radius 1 is 1.38 bits per heavy atom. The van der Waals surface area contributed by atoms with E-state index < -0.39 is 0 Å². The van der Waals surface area contributed by atoms with Crippen molar-refractivity contribution in [3.05, 3.63) is 28.2 Å². The van der Waals surface area contributed by atoms with Crippen molar-refractivity contribution >= 4 is 15.9 Å². The van der Waals surface area contributed by atoms with E-state index >= 15 is 0 Å². The summed E-state index contributed by atoms with van der Waals surface area (Å²) in [5.41, 5.74) is 1.19.